The Kier molecular flexibility index (Phi) is 36.5. The number of rotatable bonds is 37. The molecule has 0 aliphatic carbocycles. The molecule has 0 saturated heterocycles. The summed E-state index contributed by atoms with van der Waals surface area (Å²) < 4.78 is 28.0. The first kappa shape index (κ1) is 51.2. The first-order valence-corrected chi connectivity index (χ1v) is 21.2. The van der Waals surface area contributed by atoms with Gasteiger partial charge in [0.25, 0.3) is 0 Å². The Bertz CT molecular complexity index is 887. The standard InChI is InChI=1S/C35H67O7P.C4H6O4/c1-3-5-7-9-11-13-15-17-19-21-23-25-27-29-32(37)35(34(39)31-36,42-43(40)41)33(38)30-28-26-24-22-20-18-16-14-12-10-8-6-4-2;5-3(6)1-2-4(7)8/h34,36,39H,3-31H2,1-2H3;1-2H2,(H,5,6)(H,7,8). The van der Waals surface area contributed by atoms with Crippen molar-refractivity contribution in [1.82, 2.24) is 0 Å². The molecule has 0 heterocycles. The summed E-state index contributed by atoms with van der Waals surface area (Å²) in [5.74, 6) is -3.66. The van der Waals surface area contributed by atoms with E-state index in [9.17, 15) is 38.5 Å². The molecule has 4 N–H and O–H groups in total. The van der Waals surface area contributed by atoms with Crippen molar-refractivity contribution in [2.75, 3.05) is 6.61 Å². The third kappa shape index (κ3) is 30.2. The third-order valence-corrected chi connectivity index (χ3v) is 9.69. The van der Waals surface area contributed by atoms with Gasteiger partial charge in [0, 0.05) is 12.8 Å². The molecular weight excluding hydrogens is 675 g/mol. The van der Waals surface area contributed by atoms with Crippen LogP contribution in [0.25, 0.3) is 0 Å². The monoisotopic (exact) mass is 748 g/mol. The van der Waals surface area contributed by atoms with Gasteiger partial charge < -0.3 is 20.4 Å². The summed E-state index contributed by atoms with van der Waals surface area (Å²) in [7, 11) is -3.58. The van der Waals surface area contributed by atoms with Gasteiger partial charge in [-0.15, -0.1) is 0 Å². The van der Waals surface area contributed by atoms with Gasteiger partial charge in [0.1, 0.15) is 6.10 Å². The summed E-state index contributed by atoms with van der Waals surface area (Å²) in [6.07, 6.45) is 27.0. The molecule has 51 heavy (non-hydrogen) atoms. The Morgan fingerprint density at radius 3 is 0.961 bits per heavy atom. The number of Topliss-reactive ketones (excluding diaryl/α,β-unsaturated/α-hetero) is 2. The molecule has 11 nitrogen and oxygen atoms in total. The minimum atomic E-state index is -3.58. The van der Waals surface area contributed by atoms with Crippen molar-refractivity contribution in [3.8, 4) is 0 Å². The van der Waals surface area contributed by atoms with E-state index in [0.717, 1.165) is 51.4 Å². The number of carboxylic acid groups (broad SMARTS) is 2. The molecule has 1 atom stereocenters. The molecular formula is C39H73O11P. The zero-order valence-corrected chi connectivity index (χ0v) is 33.0. The van der Waals surface area contributed by atoms with E-state index in [4.69, 9.17) is 14.7 Å². The number of ketones is 2. The SMILES string of the molecule is CCCCCCCCCCCCCCCC(=O)C(OP(=O)=O)(C(=O)CCCCCCCCCCCCCCC)C(O)CO.O=C(O)CCC(=O)O. The van der Waals surface area contributed by atoms with Crippen molar-refractivity contribution >= 4 is 31.4 Å². The van der Waals surface area contributed by atoms with E-state index in [0.29, 0.717) is 12.8 Å². The molecule has 0 bridgehead atoms. The number of hydrogen-bond donors (Lipinski definition) is 4. The normalized spacial score (nSPS) is 11.8. The maximum atomic E-state index is 13.2. The smallest absolute Gasteiger partial charge is 0.469 e. The van der Waals surface area contributed by atoms with Crippen LogP contribution in [0, 0.1) is 0 Å². The van der Waals surface area contributed by atoms with Crippen molar-refractivity contribution < 1.29 is 53.3 Å². The highest BCUT2D eigenvalue weighted by Gasteiger charge is 2.53. The van der Waals surface area contributed by atoms with Crippen molar-refractivity contribution in [2.45, 2.75) is 218 Å². The highest BCUT2D eigenvalue weighted by Crippen LogP contribution is 2.31. The van der Waals surface area contributed by atoms with Gasteiger partial charge in [-0.05, 0) is 12.8 Å². The molecule has 0 radical (unpaired) electrons. The van der Waals surface area contributed by atoms with Crippen LogP contribution in [0.1, 0.15) is 206 Å². The number of aliphatic carboxylic acids is 2. The Balaban J connectivity index is 0. The molecule has 300 valence electrons. The lowest BCUT2D eigenvalue weighted by Crippen LogP contribution is -2.58. The summed E-state index contributed by atoms with van der Waals surface area (Å²) in [6, 6.07) is 0. The summed E-state index contributed by atoms with van der Waals surface area (Å²) in [6.45, 7) is 3.53. The van der Waals surface area contributed by atoms with Gasteiger partial charge in [-0.2, -0.15) is 0 Å². The Labute approximate surface area is 309 Å². The van der Waals surface area contributed by atoms with Gasteiger partial charge in [-0.1, -0.05) is 168 Å². The van der Waals surface area contributed by atoms with Gasteiger partial charge in [-0.3, -0.25) is 19.2 Å². The van der Waals surface area contributed by atoms with Crippen LogP contribution in [0.15, 0.2) is 0 Å². The summed E-state index contributed by atoms with van der Waals surface area (Å²) in [4.78, 5) is 45.7. The van der Waals surface area contributed by atoms with Gasteiger partial charge in [-0.25, -0.2) is 13.7 Å². The lowest BCUT2D eigenvalue weighted by atomic mass is 9.82. The fourth-order valence-electron chi connectivity index (χ4n) is 6.13. The Morgan fingerprint density at radius 1 is 0.490 bits per heavy atom. The van der Waals surface area contributed by atoms with Gasteiger partial charge in [0.15, 0.2) is 11.6 Å². The van der Waals surface area contributed by atoms with E-state index in [2.05, 4.69) is 13.8 Å². The first-order chi connectivity index (χ1) is 24.5. The molecule has 0 amide bonds. The predicted octanol–water partition coefficient (Wildman–Crippen LogP) is 10.2. The maximum Gasteiger partial charge on any atom is 0.469 e. The minimum absolute atomic E-state index is 0.0671. The highest BCUT2D eigenvalue weighted by atomic mass is 31.1. The Hall–Kier alpha value is -1.94. The second kappa shape index (κ2) is 36.4. The zero-order valence-electron chi connectivity index (χ0n) is 32.1. The van der Waals surface area contributed by atoms with Crippen molar-refractivity contribution in [3.05, 3.63) is 0 Å². The average Bonchev–Trinajstić information content (AvgIpc) is 3.09. The Morgan fingerprint density at radius 2 is 0.745 bits per heavy atom. The number of hydrogen-bond acceptors (Lipinski definition) is 9. The lowest BCUT2D eigenvalue weighted by molar-refractivity contribution is -0.161. The summed E-state index contributed by atoms with van der Waals surface area (Å²) >= 11 is 0. The van der Waals surface area contributed by atoms with Crippen LogP contribution in [0.2, 0.25) is 0 Å². The predicted molar refractivity (Wildman–Crippen MR) is 200 cm³/mol. The highest BCUT2D eigenvalue weighted by molar-refractivity contribution is 7.24. The van der Waals surface area contributed by atoms with E-state index < -0.39 is 49.7 Å². The molecule has 12 heteroatoms. The maximum absolute atomic E-state index is 13.2. The van der Waals surface area contributed by atoms with E-state index in [1.165, 1.54) is 103 Å². The number of unbranched alkanes of at least 4 members (excludes halogenated alkanes) is 24. The van der Waals surface area contributed by atoms with Crippen molar-refractivity contribution in [1.29, 1.82) is 0 Å². The van der Waals surface area contributed by atoms with Gasteiger partial charge in [0.05, 0.1) is 19.4 Å². The van der Waals surface area contributed by atoms with Crippen LogP contribution in [0.5, 0.6) is 0 Å². The van der Waals surface area contributed by atoms with Crippen LogP contribution < -0.4 is 0 Å². The van der Waals surface area contributed by atoms with Crippen LogP contribution in [-0.4, -0.2) is 62.2 Å². The molecule has 0 aliphatic heterocycles. The largest absolute Gasteiger partial charge is 0.481 e. The quantitative estimate of drug-likeness (QED) is 0.0268. The van der Waals surface area contributed by atoms with E-state index in [1.54, 1.807) is 0 Å². The van der Waals surface area contributed by atoms with Crippen LogP contribution in [-0.2, 0) is 32.8 Å². The number of carbonyl (C=O) groups is 4. The number of carboxylic acids is 2. The second-order valence-electron chi connectivity index (χ2n) is 13.9. The fourth-order valence-corrected chi connectivity index (χ4v) is 6.69. The zero-order chi connectivity index (χ0) is 38.6. The molecule has 0 aliphatic rings. The molecule has 0 spiro atoms. The number of aliphatic hydroxyl groups is 2. The lowest BCUT2D eigenvalue weighted by Gasteiger charge is -2.31. The van der Waals surface area contributed by atoms with Gasteiger partial charge in [0.2, 0.25) is 5.60 Å². The van der Waals surface area contributed by atoms with E-state index in [1.807, 2.05) is 0 Å². The number of aliphatic hydroxyl groups excluding tert-OH is 2. The average molecular weight is 749 g/mol. The molecule has 0 aromatic carbocycles. The van der Waals surface area contributed by atoms with Crippen LogP contribution in [0.4, 0.5) is 0 Å². The van der Waals surface area contributed by atoms with Crippen molar-refractivity contribution in [3.63, 3.8) is 0 Å². The molecule has 0 aromatic heterocycles. The summed E-state index contributed by atoms with van der Waals surface area (Å²) in [5, 5.41) is 35.9. The first-order valence-electron chi connectivity index (χ1n) is 20.1. The molecule has 0 aromatic rings. The molecule has 0 rings (SSSR count). The molecule has 0 fully saturated rings. The molecule has 0 saturated carbocycles. The van der Waals surface area contributed by atoms with Gasteiger partial charge >= 0.3 is 19.8 Å². The van der Waals surface area contributed by atoms with Crippen LogP contribution in [0.3, 0.4) is 0 Å². The summed E-state index contributed by atoms with van der Waals surface area (Å²) in [5.41, 5.74) is -2.54. The van der Waals surface area contributed by atoms with Crippen molar-refractivity contribution in [2.24, 2.45) is 0 Å². The fraction of sp³-hybridized carbons (Fsp3) is 0.897. The third-order valence-electron chi connectivity index (χ3n) is 9.26. The number of carbonyl (C=O) groups excluding carboxylic acids is 2. The topological polar surface area (TPSA) is 193 Å². The van der Waals surface area contributed by atoms with Crippen LogP contribution >= 0.6 is 7.91 Å². The van der Waals surface area contributed by atoms with E-state index >= 15 is 0 Å². The van der Waals surface area contributed by atoms with E-state index in [-0.39, 0.29) is 25.7 Å². The second-order valence-corrected chi connectivity index (χ2v) is 14.5. The molecule has 1 unspecified atom stereocenters. The minimum Gasteiger partial charge on any atom is -0.481 e.